The zero-order valence-electron chi connectivity index (χ0n) is 16.8. The molecule has 2 N–H and O–H groups in total. The lowest BCUT2D eigenvalue weighted by Crippen LogP contribution is -2.39. The molecule has 0 aliphatic heterocycles. The zero-order valence-corrected chi connectivity index (χ0v) is 16.8. The molecular formula is C23H26N2O3. The van der Waals surface area contributed by atoms with Gasteiger partial charge in [0.15, 0.2) is 11.0 Å². The highest BCUT2D eigenvalue weighted by atomic mass is 16.3. The summed E-state index contributed by atoms with van der Waals surface area (Å²) in [7, 11) is 1.74. The van der Waals surface area contributed by atoms with Crippen molar-refractivity contribution in [3.63, 3.8) is 0 Å². The Morgan fingerprint density at radius 2 is 1.79 bits per heavy atom. The molecule has 0 atom stereocenters. The largest absolute Gasteiger partial charge is 0.455 e. The number of fused-ring (bicyclic) bond motifs is 1. The fourth-order valence-electron chi connectivity index (χ4n) is 3.33. The fraction of sp³-hybridized carbons (Fsp3) is 0.304. The molecule has 0 unspecified atom stereocenters. The Hall–Kier alpha value is -2.92. The average molecular weight is 378 g/mol. The van der Waals surface area contributed by atoms with E-state index in [4.69, 9.17) is 10.2 Å². The average Bonchev–Trinajstić information content (AvgIpc) is 2.70. The molecule has 1 amide bonds. The second kappa shape index (κ2) is 7.60. The molecule has 0 bridgehead atoms. The van der Waals surface area contributed by atoms with Gasteiger partial charge in [-0.25, -0.2) is 0 Å². The van der Waals surface area contributed by atoms with Gasteiger partial charge in [-0.15, -0.1) is 0 Å². The molecule has 3 aromatic rings. The molecule has 0 aliphatic carbocycles. The van der Waals surface area contributed by atoms with Crippen molar-refractivity contribution in [3.8, 4) is 11.3 Å². The van der Waals surface area contributed by atoms with E-state index in [1.165, 1.54) is 0 Å². The number of benzene rings is 2. The third-order valence-electron chi connectivity index (χ3n) is 4.98. The van der Waals surface area contributed by atoms with Crippen molar-refractivity contribution in [1.82, 2.24) is 4.90 Å². The predicted molar refractivity (Wildman–Crippen MR) is 112 cm³/mol. The van der Waals surface area contributed by atoms with Crippen LogP contribution in [-0.2, 0) is 0 Å². The second-order valence-corrected chi connectivity index (χ2v) is 7.96. The highest BCUT2D eigenvalue weighted by Gasteiger charge is 2.25. The number of nitrogens with two attached hydrogens (primary N) is 1. The summed E-state index contributed by atoms with van der Waals surface area (Å²) < 4.78 is 6.15. The molecule has 5 nitrogen and oxygen atoms in total. The van der Waals surface area contributed by atoms with Crippen LogP contribution >= 0.6 is 0 Å². The molecule has 28 heavy (non-hydrogen) atoms. The maximum Gasteiger partial charge on any atom is 0.257 e. The summed E-state index contributed by atoms with van der Waals surface area (Å²) in [5.74, 6) is 0.293. The third-order valence-corrected chi connectivity index (χ3v) is 4.98. The van der Waals surface area contributed by atoms with Crippen LogP contribution in [0, 0.1) is 12.3 Å². The first kappa shape index (κ1) is 19.8. The van der Waals surface area contributed by atoms with Crippen LogP contribution in [0.2, 0.25) is 0 Å². The van der Waals surface area contributed by atoms with E-state index in [2.05, 4.69) is 0 Å². The summed E-state index contributed by atoms with van der Waals surface area (Å²) >= 11 is 0. The summed E-state index contributed by atoms with van der Waals surface area (Å²) in [5, 5.41) is 0.412. The molecule has 1 aromatic heterocycles. The van der Waals surface area contributed by atoms with Crippen molar-refractivity contribution in [3.05, 3.63) is 69.9 Å². The number of para-hydroxylation sites is 1. The van der Waals surface area contributed by atoms with E-state index < -0.39 is 0 Å². The number of amides is 1. The van der Waals surface area contributed by atoms with Gasteiger partial charge in [0.05, 0.1) is 10.9 Å². The van der Waals surface area contributed by atoms with Crippen LogP contribution in [0.3, 0.4) is 0 Å². The highest BCUT2D eigenvalue weighted by Crippen LogP contribution is 2.28. The maximum atomic E-state index is 13.1. The van der Waals surface area contributed by atoms with E-state index in [1.54, 1.807) is 37.1 Å². The Labute approximate surface area is 164 Å². The smallest absolute Gasteiger partial charge is 0.257 e. The molecule has 0 radical (unpaired) electrons. The predicted octanol–water partition coefficient (Wildman–Crippen LogP) is 3.83. The Kier molecular flexibility index (Phi) is 5.38. The van der Waals surface area contributed by atoms with E-state index in [9.17, 15) is 9.59 Å². The van der Waals surface area contributed by atoms with Crippen LogP contribution in [0.4, 0.5) is 0 Å². The normalized spacial score (nSPS) is 11.6. The number of hydrogen-bond acceptors (Lipinski definition) is 4. The van der Waals surface area contributed by atoms with E-state index in [0.29, 0.717) is 40.9 Å². The number of carbonyl (C=O) groups excluding carboxylic acids is 1. The third kappa shape index (κ3) is 3.71. The lowest BCUT2D eigenvalue weighted by atomic mass is 9.93. The van der Waals surface area contributed by atoms with Crippen molar-refractivity contribution in [1.29, 1.82) is 0 Å². The highest BCUT2D eigenvalue weighted by molar-refractivity contribution is 6.05. The van der Waals surface area contributed by atoms with Crippen molar-refractivity contribution < 1.29 is 9.21 Å². The molecule has 5 heteroatoms. The molecule has 0 spiro atoms. The summed E-state index contributed by atoms with van der Waals surface area (Å²) in [4.78, 5) is 27.7. The van der Waals surface area contributed by atoms with Gasteiger partial charge in [-0.05, 0) is 31.0 Å². The quantitative estimate of drug-likeness (QED) is 0.732. The number of nitrogens with zero attached hydrogens (tertiary/aromatic N) is 1. The van der Waals surface area contributed by atoms with Crippen LogP contribution in [0.1, 0.15) is 29.8 Å². The molecule has 3 rings (SSSR count). The lowest BCUT2D eigenvalue weighted by Gasteiger charge is -2.29. The minimum absolute atomic E-state index is 0.125. The molecule has 2 aromatic carbocycles. The number of hydrogen-bond donors (Lipinski definition) is 1. The first-order valence-corrected chi connectivity index (χ1v) is 9.32. The Morgan fingerprint density at radius 3 is 2.43 bits per heavy atom. The molecular weight excluding hydrogens is 352 g/mol. The molecule has 0 saturated heterocycles. The van der Waals surface area contributed by atoms with Gasteiger partial charge in [-0.2, -0.15) is 0 Å². The van der Waals surface area contributed by atoms with Crippen LogP contribution in [-0.4, -0.2) is 30.9 Å². The van der Waals surface area contributed by atoms with Crippen LogP contribution in [0.15, 0.2) is 57.7 Å². The minimum atomic E-state index is -0.207. The van der Waals surface area contributed by atoms with E-state index in [1.807, 2.05) is 44.2 Å². The Morgan fingerprint density at radius 1 is 1.11 bits per heavy atom. The van der Waals surface area contributed by atoms with Crippen molar-refractivity contribution in [2.24, 2.45) is 11.1 Å². The van der Waals surface area contributed by atoms with Gasteiger partial charge in [0.25, 0.3) is 5.91 Å². The zero-order chi connectivity index (χ0) is 20.5. The van der Waals surface area contributed by atoms with Gasteiger partial charge in [0.1, 0.15) is 5.76 Å². The van der Waals surface area contributed by atoms with E-state index >= 15 is 0 Å². The Balaban J connectivity index is 2.16. The summed E-state index contributed by atoms with van der Waals surface area (Å²) in [5.41, 5.74) is 7.50. The molecule has 146 valence electrons. The van der Waals surface area contributed by atoms with Crippen LogP contribution < -0.4 is 11.2 Å². The van der Waals surface area contributed by atoms with Gasteiger partial charge in [0.2, 0.25) is 0 Å². The standard InChI is InChI=1S/C23H26N2O3/c1-15-19(26)17-11-8-12-18(22(27)25(4)14-23(2,3)13-24)21(17)28-20(15)16-9-6-5-7-10-16/h5-12H,13-14,24H2,1-4H3. The SMILES string of the molecule is Cc1c(-c2ccccc2)oc2c(C(=O)N(C)CC(C)(C)CN)cccc2c1=O. The Bertz CT molecular complexity index is 1070. The summed E-state index contributed by atoms with van der Waals surface area (Å²) in [6.07, 6.45) is 0. The van der Waals surface area contributed by atoms with Crippen molar-refractivity contribution in [2.75, 3.05) is 20.1 Å². The first-order chi connectivity index (χ1) is 13.2. The molecule has 0 aliphatic rings. The maximum absolute atomic E-state index is 13.1. The van der Waals surface area contributed by atoms with Crippen LogP contribution in [0.5, 0.6) is 0 Å². The fourth-order valence-corrected chi connectivity index (χ4v) is 3.33. The van der Waals surface area contributed by atoms with Crippen molar-refractivity contribution in [2.45, 2.75) is 20.8 Å². The number of carbonyl (C=O) groups is 1. The van der Waals surface area contributed by atoms with Crippen molar-refractivity contribution >= 4 is 16.9 Å². The molecule has 1 heterocycles. The van der Waals surface area contributed by atoms with Gasteiger partial charge < -0.3 is 15.1 Å². The molecule has 0 saturated carbocycles. The first-order valence-electron chi connectivity index (χ1n) is 9.32. The van der Waals surface area contributed by atoms with Gasteiger partial charge in [-0.3, -0.25) is 9.59 Å². The minimum Gasteiger partial charge on any atom is -0.455 e. The summed E-state index contributed by atoms with van der Waals surface area (Å²) in [6.45, 7) is 6.73. The van der Waals surface area contributed by atoms with Gasteiger partial charge >= 0.3 is 0 Å². The van der Waals surface area contributed by atoms with E-state index in [0.717, 1.165) is 5.56 Å². The van der Waals surface area contributed by atoms with Gasteiger partial charge in [0, 0.05) is 24.7 Å². The summed E-state index contributed by atoms with van der Waals surface area (Å²) in [6, 6.07) is 14.6. The van der Waals surface area contributed by atoms with Gasteiger partial charge in [-0.1, -0.05) is 50.2 Å². The topological polar surface area (TPSA) is 76.5 Å². The molecule has 0 fully saturated rings. The second-order valence-electron chi connectivity index (χ2n) is 7.96. The lowest BCUT2D eigenvalue weighted by molar-refractivity contribution is 0.0741. The van der Waals surface area contributed by atoms with Crippen LogP contribution in [0.25, 0.3) is 22.3 Å². The van der Waals surface area contributed by atoms with E-state index in [-0.39, 0.29) is 16.8 Å². The number of rotatable bonds is 5. The monoisotopic (exact) mass is 378 g/mol.